The highest BCUT2D eigenvalue weighted by Gasteiger charge is 2.60. The van der Waals surface area contributed by atoms with Crippen LogP contribution in [0.25, 0.3) is 0 Å². The smallest absolute Gasteiger partial charge is 0.317 e. The van der Waals surface area contributed by atoms with Gasteiger partial charge >= 0.3 is 18.0 Å². The van der Waals surface area contributed by atoms with Crippen LogP contribution in [-0.2, 0) is 38.0 Å². The number of amides is 4. The van der Waals surface area contributed by atoms with E-state index in [1.165, 1.54) is 18.9 Å². The molecule has 8 N–H and O–H groups in total. The molecular formula is C51H92N6O15. The number of carbonyl (C=O) groups excluding carboxylic acids is 3. The van der Waals surface area contributed by atoms with Gasteiger partial charge < -0.3 is 84.4 Å². The highest BCUT2D eigenvalue weighted by molar-refractivity contribution is 5.75. The molecule has 0 radical (unpaired) electrons. The van der Waals surface area contributed by atoms with E-state index in [1.54, 1.807) is 60.4 Å². The minimum absolute atomic E-state index is 0.0721. The van der Waals surface area contributed by atoms with Crippen LogP contribution < -0.4 is 16.0 Å². The van der Waals surface area contributed by atoms with Gasteiger partial charge in [0.1, 0.15) is 35.1 Å². The maximum atomic E-state index is 14.7. The summed E-state index contributed by atoms with van der Waals surface area (Å²) in [4.78, 5) is 47.2. The number of aliphatic hydroxyl groups excluding tert-OH is 2. The molecular weight excluding hydrogens is 937 g/mol. The first-order chi connectivity index (χ1) is 33.7. The number of aliphatic hydroxyl groups is 5. The number of carbonyl (C=O) groups is 3. The van der Waals surface area contributed by atoms with Gasteiger partial charge in [-0.1, -0.05) is 20.8 Å². The predicted octanol–water partition coefficient (Wildman–Crippen LogP) is 1.68. The lowest BCUT2D eigenvalue weighted by Gasteiger charge is -2.54. The highest BCUT2D eigenvalue weighted by atomic mass is 16.7. The van der Waals surface area contributed by atoms with Gasteiger partial charge in [0.05, 0.1) is 61.7 Å². The van der Waals surface area contributed by atoms with E-state index in [-0.39, 0.29) is 55.9 Å². The average molecular weight is 1030 g/mol. The Morgan fingerprint density at radius 3 is 2.12 bits per heavy atom. The van der Waals surface area contributed by atoms with Gasteiger partial charge in [-0.15, -0.1) is 0 Å². The lowest BCUT2D eigenvalue weighted by molar-refractivity contribution is -0.338. The number of urea groups is 2. The van der Waals surface area contributed by atoms with Gasteiger partial charge in [-0.2, -0.15) is 0 Å². The number of cyclic esters (lactones) is 1. The van der Waals surface area contributed by atoms with E-state index in [0.29, 0.717) is 39.3 Å². The Balaban J connectivity index is 1.34. The molecule has 0 bridgehead atoms. The van der Waals surface area contributed by atoms with Crippen LogP contribution in [0.4, 0.5) is 9.59 Å². The second-order valence-electron chi connectivity index (χ2n) is 23.0. The molecule has 6 rings (SSSR count). The van der Waals surface area contributed by atoms with Crippen LogP contribution in [0.1, 0.15) is 121 Å². The molecule has 6 aliphatic rings. The normalized spacial score (nSPS) is 43.2. The number of methoxy groups -OCH3 is 1. The minimum atomic E-state index is -1.89. The molecule has 4 saturated heterocycles. The molecule has 0 spiro atoms. The Bertz CT molecular complexity index is 1790. The van der Waals surface area contributed by atoms with E-state index >= 15 is 0 Å². The summed E-state index contributed by atoms with van der Waals surface area (Å²) in [7, 11) is 3.11. The number of hydrogen-bond acceptors (Lipinski definition) is 17. The Hall–Kier alpha value is -2.51. The number of morpholine rings is 1. The van der Waals surface area contributed by atoms with Gasteiger partial charge in [-0.25, -0.2) is 9.59 Å². The summed E-state index contributed by atoms with van der Waals surface area (Å²) >= 11 is 0. The van der Waals surface area contributed by atoms with Crippen molar-refractivity contribution in [1.29, 1.82) is 0 Å². The van der Waals surface area contributed by atoms with Crippen molar-refractivity contribution in [2.24, 2.45) is 17.8 Å². The maximum absolute atomic E-state index is 14.7. The zero-order valence-electron chi connectivity index (χ0n) is 45.2. The van der Waals surface area contributed by atoms with E-state index < -0.39 is 108 Å². The fraction of sp³-hybridized carbons (Fsp3) is 0.941. The molecule has 2 saturated carbocycles. The van der Waals surface area contributed by atoms with Gasteiger partial charge in [-0.3, -0.25) is 9.69 Å². The van der Waals surface area contributed by atoms with Gasteiger partial charge in [0.25, 0.3) is 0 Å². The zero-order chi connectivity index (χ0) is 53.1. The Labute approximate surface area is 427 Å². The number of hydrogen-bond donors (Lipinski definition) is 8. The number of nitrogens with one attached hydrogen (secondary N) is 3. The van der Waals surface area contributed by atoms with Crippen molar-refractivity contribution in [2.45, 2.75) is 222 Å². The standard InChI is InChI=1S/C51H92N6O15/c1-13-38-50(10,64)42(59)33(6)52-27-29(2)25-48(8,63)43(72-45-40(58)37(24-30(3)68-45)55(11)46(61)53-35-14-15-35)31(4)41(32(5)44(60)70-38)71-39-26-49(9,66-12)51(65,34(7)69-39)28-57(47(62)54-36-16-17-36)19-18-56-20-22-67-23-21-56/h29-43,45,52,58-59,63-65H,13-28H2,1-12H3,(H,53,61)(H,54,62)/t29-,30-,31+,32-,33-,34+,37+,38-,39+,40-,41+,42-,43-,45+,48-,49-,50-,51+/m1/s1. The first kappa shape index (κ1) is 58.7. The summed E-state index contributed by atoms with van der Waals surface area (Å²) in [5, 5.41) is 70.5. The van der Waals surface area contributed by atoms with Gasteiger partial charge in [0.15, 0.2) is 12.6 Å². The van der Waals surface area contributed by atoms with Crippen molar-refractivity contribution in [2.75, 3.05) is 66.6 Å². The fourth-order valence-corrected chi connectivity index (χ4v) is 11.4. The highest BCUT2D eigenvalue weighted by Crippen LogP contribution is 2.44. The molecule has 0 unspecified atom stereocenters. The molecule has 4 amide bonds. The quantitative estimate of drug-likeness (QED) is 0.115. The number of rotatable bonds is 14. The third kappa shape index (κ3) is 13.9. The summed E-state index contributed by atoms with van der Waals surface area (Å²) in [6, 6.07) is -1.84. The molecule has 0 aromatic carbocycles. The maximum Gasteiger partial charge on any atom is 0.317 e. The third-order valence-electron chi connectivity index (χ3n) is 16.7. The minimum Gasteiger partial charge on any atom is -0.459 e. The third-order valence-corrected chi connectivity index (χ3v) is 16.7. The molecule has 4 heterocycles. The van der Waals surface area contributed by atoms with E-state index in [1.807, 2.05) is 13.8 Å². The summed E-state index contributed by atoms with van der Waals surface area (Å²) in [5.74, 6) is -3.11. The molecule has 21 heteroatoms. The largest absolute Gasteiger partial charge is 0.459 e. The van der Waals surface area contributed by atoms with Crippen LogP contribution in [0, 0.1) is 17.8 Å². The molecule has 416 valence electrons. The van der Waals surface area contributed by atoms with Gasteiger partial charge in [0, 0.05) is 70.8 Å². The molecule has 0 aromatic rings. The molecule has 21 nitrogen and oxygen atoms in total. The lowest BCUT2D eigenvalue weighted by Crippen LogP contribution is -2.71. The first-order valence-corrected chi connectivity index (χ1v) is 26.8. The lowest BCUT2D eigenvalue weighted by atomic mass is 9.74. The van der Waals surface area contributed by atoms with Crippen LogP contribution >= 0.6 is 0 Å². The average Bonchev–Trinajstić information content (AvgIpc) is 4.29. The Kier molecular flexibility index (Phi) is 19.8. The van der Waals surface area contributed by atoms with Crippen LogP contribution in [0.3, 0.4) is 0 Å². The summed E-state index contributed by atoms with van der Waals surface area (Å²) in [6.07, 6.45) is -6.23. The Morgan fingerprint density at radius 2 is 1.53 bits per heavy atom. The molecule has 6 fully saturated rings. The van der Waals surface area contributed by atoms with Crippen molar-refractivity contribution in [3.8, 4) is 0 Å². The van der Waals surface area contributed by atoms with E-state index in [9.17, 15) is 39.9 Å². The molecule has 2 aliphatic carbocycles. The second-order valence-corrected chi connectivity index (χ2v) is 23.0. The SMILES string of the molecule is CC[C@H]1OC(=O)[C@H](C)[C@@H](O[C@H]2C[C@@](C)(OC)[C@](O)(CN(CCN3CCOCC3)C(=O)NC3CC3)[C@H](C)O2)[C@H](C)[C@@H](O[C@@H]2O[C@H](C)C[C@H](N(C)C(=O)NC3CC3)[C@H]2O)[C@](C)(O)C[C@@H](C)CN[C@H](C)[C@@H](O)[C@]1(C)O. The van der Waals surface area contributed by atoms with Crippen molar-refractivity contribution in [3.63, 3.8) is 0 Å². The number of esters is 1. The van der Waals surface area contributed by atoms with E-state index in [2.05, 4.69) is 20.9 Å². The number of ether oxygens (including phenoxy) is 7. The Morgan fingerprint density at radius 1 is 0.903 bits per heavy atom. The van der Waals surface area contributed by atoms with Crippen LogP contribution in [0.5, 0.6) is 0 Å². The summed E-state index contributed by atoms with van der Waals surface area (Å²) in [6.45, 7) is 20.8. The molecule has 72 heavy (non-hydrogen) atoms. The molecule has 18 atom stereocenters. The summed E-state index contributed by atoms with van der Waals surface area (Å²) in [5.41, 5.74) is -6.77. The van der Waals surface area contributed by atoms with Gasteiger partial charge in [-0.05, 0) is 106 Å². The van der Waals surface area contributed by atoms with E-state index in [4.69, 9.17) is 33.2 Å². The summed E-state index contributed by atoms with van der Waals surface area (Å²) < 4.78 is 44.7. The van der Waals surface area contributed by atoms with Crippen molar-refractivity contribution < 1.29 is 73.1 Å². The zero-order valence-corrected chi connectivity index (χ0v) is 45.2. The number of likely N-dealkylation sites (N-methyl/N-ethyl adjacent to an activating group) is 1. The predicted molar refractivity (Wildman–Crippen MR) is 265 cm³/mol. The fourth-order valence-electron chi connectivity index (χ4n) is 11.4. The first-order valence-electron chi connectivity index (χ1n) is 26.8. The van der Waals surface area contributed by atoms with Crippen molar-refractivity contribution in [3.05, 3.63) is 0 Å². The van der Waals surface area contributed by atoms with Crippen LogP contribution in [0.2, 0.25) is 0 Å². The molecule has 0 aromatic heterocycles. The number of nitrogens with zero attached hydrogens (tertiary/aromatic N) is 3. The van der Waals surface area contributed by atoms with Crippen LogP contribution in [0.15, 0.2) is 0 Å². The van der Waals surface area contributed by atoms with Crippen LogP contribution in [-0.4, -0.2) is 227 Å². The topological polar surface area (TPSA) is 263 Å². The van der Waals surface area contributed by atoms with Crippen molar-refractivity contribution >= 4 is 18.0 Å². The van der Waals surface area contributed by atoms with E-state index in [0.717, 1.165) is 38.8 Å². The van der Waals surface area contributed by atoms with Crippen molar-refractivity contribution in [1.82, 2.24) is 30.7 Å². The molecule has 4 aliphatic heterocycles. The van der Waals surface area contributed by atoms with Gasteiger partial charge in [0.2, 0.25) is 0 Å². The monoisotopic (exact) mass is 1030 g/mol. The second kappa shape index (κ2) is 24.2.